The summed E-state index contributed by atoms with van der Waals surface area (Å²) in [5.74, 6) is 0.866. The summed E-state index contributed by atoms with van der Waals surface area (Å²) in [6, 6.07) is 0. The SMILES string of the molecule is CCC(C)(C)CC/C=C(\CSC(C)=O)CC(C)(C)CC. The Morgan fingerprint density at radius 2 is 1.60 bits per heavy atom. The van der Waals surface area contributed by atoms with E-state index in [1.807, 2.05) is 0 Å². The maximum absolute atomic E-state index is 11.2. The lowest BCUT2D eigenvalue weighted by atomic mass is 9.82. The first-order valence-electron chi connectivity index (χ1n) is 7.93. The lowest BCUT2D eigenvalue weighted by Crippen LogP contribution is -2.12. The number of rotatable bonds is 9. The first-order valence-corrected chi connectivity index (χ1v) is 8.91. The minimum atomic E-state index is 0.221. The maximum atomic E-state index is 11.2. The van der Waals surface area contributed by atoms with E-state index in [0.29, 0.717) is 10.8 Å². The molecule has 0 fully saturated rings. The Balaban J connectivity index is 4.62. The highest BCUT2D eigenvalue weighted by Gasteiger charge is 2.18. The predicted octanol–water partition coefficient (Wildman–Crippen LogP) is 6.24. The zero-order chi connectivity index (χ0) is 15.8. The Bertz CT molecular complexity index is 326. The lowest BCUT2D eigenvalue weighted by Gasteiger charge is -2.25. The number of carbonyl (C=O) groups excluding carboxylic acids is 1. The fourth-order valence-corrected chi connectivity index (χ4v) is 2.57. The molecule has 0 saturated heterocycles. The molecule has 0 atom stereocenters. The van der Waals surface area contributed by atoms with E-state index in [0.717, 1.165) is 18.6 Å². The molecule has 0 aliphatic heterocycles. The van der Waals surface area contributed by atoms with E-state index in [1.165, 1.54) is 36.6 Å². The number of hydrogen-bond acceptors (Lipinski definition) is 2. The third-order valence-electron chi connectivity index (χ3n) is 4.33. The largest absolute Gasteiger partial charge is 0.288 e. The van der Waals surface area contributed by atoms with E-state index in [4.69, 9.17) is 0 Å². The molecule has 0 N–H and O–H groups in total. The highest BCUT2D eigenvalue weighted by atomic mass is 32.2. The first-order chi connectivity index (χ1) is 9.12. The van der Waals surface area contributed by atoms with Gasteiger partial charge >= 0.3 is 0 Å². The summed E-state index contributed by atoms with van der Waals surface area (Å²) in [4.78, 5) is 11.2. The number of thioether (sulfide) groups is 1. The molecule has 0 spiro atoms. The molecule has 0 aromatic carbocycles. The predicted molar refractivity (Wildman–Crippen MR) is 93.2 cm³/mol. The van der Waals surface area contributed by atoms with Gasteiger partial charge < -0.3 is 0 Å². The van der Waals surface area contributed by atoms with Crippen molar-refractivity contribution >= 4 is 16.9 Å². The Morgan fingerprint density at radius 3 is 2.05 bits per heavy atom. The molecular formula is C18H34OS. The van der Waals surface area contributed by atoms with E-state index >= 15 is 0 Å². The second-order valence-corrected chi connectivity index (χ2v) is 8.55. The van der Waals surface area contributed by atoms with Crippen LogP contribution in [0.2, 0.25) is 0 Å². The molecular weight excluding hydrogens is 264 g/mol. The van der Waals surface area contributed by atoms with Crippen molar-refractivity contribution in [1.82, 2.24) is 0 Å². The Hall–Kier alpha value is -0.240. The normalized spacial score (nSPS) is 13.7. The van der Waals surface area contributed by atoms with Gasteiger partial charge in [-0.05, 0) is 30.1 Å². The van der Waals surface area contributed by atoms with Crippen LogP contribution in [0.25, 0.3) is 0 Å². The summed E-state index contributed by atoms with van der Waals surface area (Å²) in [6.07, 6.45) is 8.26. The average Bonchev–Trinajstić information content (AvgIpc) is 2.35. The quantitative estimate of drug-likeness (QED) is 0.469. The van der Waals surface area contributed by atoms with Gasteiger partial charge in [-0.3, -0.25) is 4.79 Å². The molecule has 0 aliphatic carbocycles. The van der Waals surface area contributed by atoms with Crippen molar-refractivity contribution in [1.29, 1.82) is 0 Å². The minimum absolute atomic E-state index is 0.221. The van der Waals surface area contributed by atoms with Gasteiger partial charge in [0, 0.05) is 12.7 Å². The van der Waals surface area contributed by atoms with Crippen LogP contribution in [0.1, 0.15) is 80.6 Å². The topological polar surface area (TPSA) is 17.1 Å². The van der Waals surface area contributed by atoms with Crippen LogP contribution in [-0.4, -0.2) is 10.9 Å². The van der Waals surface area contributed by atoms with E-state index < -0.39 is 0 Å². The van der Waals surface area contributed by atoms with E-state index in [-0.39, 0.29) is 5.12 Å². The van der Waals surface area contributed by atoms with E-state index in [9.17, 15) is 4.79 Å². The fourth-order valence-electron chi connectivity index (χ4n) is 1.96. The Labute approximate surface area is 131 Å². The van der Waals surface area contributed by atoms with Crippen LogP contribution >= 0.6 is 11.8 Å². The third kappa shape index (κ3) is 9.63. The van der Waals surface area contributed by atoms with Gasteiger partial charge in [0.05, 0.1) is 0 Å². The number of allylic oxidation sites excluding steroid dienone is 1. The van der Waals surface area contributed by atoms with Crippen molar-refractivity contribution < 1.29 is 4.79 Å². The zero-order valence-electron chi connectivity index (χ0n) is 14.6. The molecule has 0 aliphatic rings. The van der Waals surface area contributed by atoms with Gasteiger partial charge in [0.1, 0.15) is 0 Å². The van der Waals surface area contributed by atoms with Gasteiger partial charge in [-0.2, -0.15) is 0 Å². The molecule has 118 valence electrons. The average molecular weight is 299 g/mol. The van der Waals surface area contributed by atoms with Gasteiger partial charge in [0.25, 0.3) is 0 Å². The number of carbonyl (C=O) groups is 1. The third-order valence-corrected chi connectivity index (χ3v) is 5.26. The number of hydrogen-bond donors (Lipinski definition) is 0. The minimum Gasteiger partial charge on any atom is -0.288 e. The molecule has 0 rings (SSSR count). The highest BCUT2D eigenvalue weighted by molar-refractivity contribution is 8.13. The van der Waals surface area contributed by atoms with E-state index in [2.05, 4.69) is 47.6 Å². The van der Waals surface area contributed by atoms with Crippen molar-refractivity contribution in [3.63, 3.8) is 0 Å². The van der Waals surface area contributed by atoms with Crippen molar-refractivity contribution in [3.05, 3.63) is 11.6 Å². The second kappa shape index (κ2) is 8.92. The van der Waals surface area contributed by atoms with Crippen LogP contribution in [0.3, 0.4) is 0 Å². The van der Waals surface area contributed by atoms with Crippen LogP contribution in [0.15, 0.2) is 11.6 Å². The summed E-state index contributed by atoms with van der Waals surface area (Å²) in [7, 11) is 0. The molecule has 0 amide bonds. The summed E-state index contributed by atoms with van der Waals surface area (Å²) in [6.45, 7) is 15.5. The van der Waals surface area contributed by atoms with Gasteiger partial charge in [0.15, 0.2) is 5.12 Å². The Kier molecular flexibility index (Phi) is 8.81. The highest BCUT2D eigenvalue weighted by Crippen LogP contribution is 2.32. The standard InChI is InChI=1S/C18H34OS/c1-8-17(4,5)12-10-11-16(14-20-15(3)19)13-18(6,7)9-2/h11H,8-10,12-14H2,1-7H3/b16-11-. The summed E-state index contributed by atoms with van der Waals surface area (Å²) in [5.41, 5.74) is 2.21. The van der Waals surface area contributed by atoms with Crippen molar-refractivity contribution in [2.75, 3.05) is 5.75 Å². The van der Waals surface area contributed by atoms with Crippen LogP contribution in [0.5, 0.6) is 0 Å². The zero-order valence-corrected chi connectivity index (χ0v) is 15.5. The molecule has 20 heavy (non-hydrogen) atoms. The molecule has 0 radical (unpaired) electrons. The summed E-state index contributed by atoms with van der Waals surface area (Å²) < 4.78 is 0. The summed E-state index contributed by atoms with van der Waals surface area (Å²) >= 11 is 1.45. The van der Waals surface area contributed by atoms with Gasteiger partial charge in [-0.25, -0.2) is 0 Å². The molecule has 0 unspecified atom stereocenters. The molecule has 1 nitrogen and oxygen atoms in total. The van der Waals surface area contributed by atoms with Crippen molar-refractivity contribution in [2.24, 2.45) is 10.8 Å². The van der Waals surface area contributed by atoms with Crippen LogP contribution < -0.4 is 0 Å². The maximum Gasteiger partial charge on any atom is 0.186 e. The van der Waals surface area contributed by atoms with Gasteiger partial charge in [0.2, 0.25) is 0 Å². The van der Waals surface area contributed by atoms with Crippen LogP contribution in [0, 0.1) is 10.8 Å². The molecule has 0 aromatic rings. The summed E-state index contributed by atoms with van der Waals surface area (Å²) in [5, 5.41) is 0.221. The van der Waals surface area contributed by atoms with Gasteiger partial charge in [-0.1, -0.05) is 77.8 Å². The monoisotopic (exact) mass is 298 g/mol. The van der Waals surface area contributed by atoms with Gasteiger partial charge in [-0.15, -0.1) is 0 Å². The van der Waals surface area contributed by atoms with Crippen LogP contribution in [-0.2, 0) is 4.79 Å². The van der Waals surface area contributed by atoms with E-state index in [1.54, 1.807) is 6.92 Å². The van der Waals surface area contributed by atoms with Crippen molar-refractivity contribution in [3.8, 4) is 0 Å². The Morgan fingerprint density at radius 1 is 1.05 bits per heavy atom. The molecule has 0 saturated carbocycles. The second-order valence-electron chi connectivity index (χ2n) is 7.39. The first kappa shape index (κ1) is 19.8. The molecule has 0 aromatic heterocycles. The van der Waals surface area contributed by atoms with Crippen LogP contribution in [0.4, 0.5) is 0 Å². The molecule has 0 bridgehead atoms. The fraction of sp³-hybridized carbons (Fsp3) is 0.833. The lowest BCUT2D eigenvalue weighted by molar-refractivity contribution is -0.109. The van der Waals surface area contributed by atoms with Crippen molar-refractivity contribution in [2.45, 2.75) is 80.6 Å². The molecule has 0 heterocycles. The smallest absolute Gasteiger partial charge is 0.186 e. The molecule has 2 heteroatoms.